The van der Waals surface area contributed by atoms with Gasteiger partial charge in [-0.25, -0.2) is 4.39 Å². The second-order valence-electron chi connectivity index (χ2n) is 6.73. The number of furan rings is 1. The Kier molecular flexibility index (Phi) is 5.36. The highest BCUT2D eigenvalue weighted by Crippen LogP contribution is 2.32. The molecule has 0 unspecified atom stereocenters. The van der Waals surface area contributed by atoms with E-state index in [2.05, 4.69) is 10.4 Å². The number of carbonyl (C=O) groups excluding carboxylic acids is 1. The van der Waals surface area contributed by atoms with Crippen molar-refractivity contribution in [1.29, 1.82) is 0 Å². The number of hydrogen-bond donors (Lipinski definition) is 1. The summed E-state index contributed by atoms with van der Waals surface area (Å²) < 4.78 is 20.1. The molecule has 0 spiro atoms. The number of rotatable bonds is 6. The first-order valence-electron chi connectivity index (χ1n) is 9.21. The third kappa shape index (κ3) is 4.03. The fourth-order valence-electron chi connectivity index (χ4n) is 3.24. The van der Waals surface area contributed by atoms with E-state index in [1.165, 1.54) is 0 Å². The number of benzene rings is 2. The molecule has 0 atom stereocenters. The molecule has 1 N–H and O–H groups in total. The summed E-state index contributed by atoms with van der Waals surface area (Å²) >= 11 is 6.33. The first-order chi connectivity index (χ1) is 14.0. The number of alkyl halides is 1. The fourth-order valence-corrected chi connectivity index (χ4v) is 3.49. The van der Waals surface area contributed by atoms with Gasteiger partial charge in [-0.1, -0.05) is 41.9 Å². The van der Waals surface area contributed by atoms with E-state index in [9.17, 15) is 9.18 Å². The number of aromatic nitrogens is 2. The SMILES string of the molecule is Cc1cc(C(=O)NCCF)nn1Cc1cc(Cl)cc2cc(-c3ccccc3)oc12. The quantitative estimate of drug-likeness (QED) is 0.485. The summed E-state index contributed by atoms with van der Waals surface area (Å²) in [4.78, 5) is 12.1. The van der Waals surface area contributed by atoms with Gasteiger partial charge in [0.2, 0.25) is 0 Å². The van der Waals surface area contributed by atoms with E-state index in [1.54, 1.807) is 10.7 Å². The highest BCUT2D eigenvalue weighted by Gasteiger charge is 2.16. The van der Waals surface area contributed by atoms with Gasteiger partial charge in [0, 0.05) is 33.8 Å². The maximum atomic E-state index is 12.3. The molecule has 2 heterocycles. The normalized spacial score (nSPS) is 11.1. The summed E-state index contributed by atoms with van der Waals surface area (Å²) in [7, 11) is 0. The van der Waals surface area contributed by atoms with Crippen LogP contribution in [0.2, 0.25) is 5.02 Å². The van der Waals surface area contributed by atoms with Gasteiger partial charge in [-0.15, -0.1) is 0 Å². The summed E-state index contributed by atoms with van der Waals surface area (Å²) in [5, 5.41) is 8.34. The number of aryl methyl sites for hydroxylation is 1. The molecule has 0 radical (unpaired) electrons. The molecule has 1 amide bonds. The summed E-state index contributed by atoms with van der Waals surface area (Å²) in [6.07, 6.45) is 0. The first kappa shape index (κ1) is 19.2. The van der Waals surface area contributed by atoms with Crippen LogP contribution in [0.25, 0.3) is 22.3 Å². The molecule has 0 aliphatic rings. The number of carbonyl (C=O) groups is 1. The fraction of sp³-hybridized carbons (Fsp3) is 0.182. The topological polar surface area (TPSA) is 60.1 Å². The zero-order valence-electron chi connectivity index (χ0n) is 15.8. The van der Waals surface area contributed by atoms with Crippen LogP contribution in [0.3, 0.4) is 0 Å². The Morgan fingerprint density at radius 1 is 1.21 bits per heavy atom. The van der Waals surface area contributed by atoms with E-state index < -0.39 is 12.6 Å². The third-order valence-corrected chi connectivity index (χ3v) is 4.85. The predicted molar refractivity (Wildman–Crippen MR) is 111 cm³/mol. The van der Waals surface area contributed by atoms with Crippen molar-refractivity contribution in [3.63, 3.8) is 0 Å². The Hall–Kier alpha value is -3.12. The van der Waals surface area contributed by atoms with E-state index >= 15 is 0 Å². The number of nitrogens with one attached hydrogen (secondary N) is 1. The maximum absolute atomic E-state index is 12.3. The molecule has 0 saturated carbocycles. The molecule has 0 fully saturated rings. The van der Waals surface area contributed by atoms with Crippen molar-refractivity contribution in [3.8, 4) is 11.3 Å². The summed E-state index contributed by atoms with van der Waals surface area (Å²) in [5.74, 6) is 0.359. The molecule has 148 valence electrons. The van der Waals surface area contributed by atoms with Crippen molar-refractivity contribution in [3.05, 3.63) is 76.6 Å². The van der Waals surface area contributed by atoms with E-state index in [4.69, 9.17) is 16.0 Å². The molecule has 4 aromatic rings. The Morgan fingerprint density at radius 3 is 2.76 bits per heavy atom. The Balaban J connectivity index is 1.69. The number of halogens is 2. The lowest BCUT2D eigenvalue weighted by molar-refractivity contribution is 0.0945. The van der Waals surface area contributed by atoms with Crippen molar-refractivity contribution in [2.75, 3.05) is 13.2 Å². The van der Waals surface area contributed by atoms with E-state index in [0.717, 1.165) is 33.6 Å². The molecule has 29 heavy (non-hydrogen) atoms. The van der Waals surface area contributed by atoms with Gasteiger partial charge >= 0.3 is 0 Å². The Morgan fingerprint density at radius 2 is 2.00 bits per heavy atom. The smallest absolute Gasteiger partial charge is 0.271 e. The minimum absolute atomic E-state index is 0.0334. The Labute approximate surface area is 172 Å². The maximum Gasteiger partial charge on any atom is 0.271 e. The van der Waals surface area contributed by atoms with Crippen LogP contribution >= 0.6 is 11.6 Å². The van der Waals surface area contributed by atoms with Crippen LogP contribution in [0.1, 0.15) is 21.7 Å². The van der Waals surface area contributed by atoms with Gasteiger partial charge in [0.1, 0.15) is 23.7 Å². The zero-order valence-corrected chi connectivity index (χ0v) is 16.5. The number of nitrogens with zero attached hydrogens (tertiary/aromatic N) is 2. The van der Waals surface area contributed by atoms with E-state index in [1.807, 2.05) is 55.5 Å². The second kappa shape index (κ2) is 8.09. The van der Waals surface area contributed by atoms with Crippen molar-refractivity contribution in [2.45, 2.75) is 13.5 Å². The monoisotopic (exact) mass is 411 g/mol. The molecule has 0 saturated heterocycles. The first-order valence-corrected chi connectivity index (χ1v) is 9.59. The van der Waals surface area contributed by atoms with Crippen molar-refractivity contribution in [1.82, 2.24) is 15.1 Å². The van der Waals surface area contributed by atoms with Crippen LogP contribution in [0.15, 0.2) is 59.0 Å². The van der Waals surface area contributed by atoms with Gasteiger partial charge in [-0.05, 0) is 31.2 Å². The van der Waals surface area contributed by atoms with E-state index in [0.29, 0.717) is 11.6 Å². The highest BCUT2D eigenvalue weighted by atomic mass is 35.5. The van der Waals surface area contributed by atoms with Crippen molar-refractivity contribution in [2.24, 2.45) is 0 Å². The molecular formula is C22H19ClFN3O2. The van der Waals surface area contributed by atoms with Crippen molar-refractivity contribution < 1.29 is 13.6 Å². The lowest BCUT2D eigenvalue weighted by Crippen LogP contribution is -2.26. The average molecular weight is 412 g/mol. The third-order valence-electron chi connectivity index (χ3n) is 4.63. The molecule has 0 aliphatic carbocycles. The highest BCUT2D eigenvalue weighted by molar-refractivity contribution is 6.31. The van der Waals surface area contributed by atoms with Crippen LogP contribution in [0.4, 0.5) is 4.39 Å². The van der Waals surface area contributed by atoms with Gasteiger partial charge in [0.15, 0.2) is 0 Å². The summed E-state index contributed by atoms with van der Waals surface area (Å²) in [5.41, 5.74) is 3.62. The van der Waals surface area contributed by atoms with Crippen molar-refractivity contribution >= 4 is 28.5 Å². The van der Waals surface area contributed by atoms with Gasteiger partial charge < -0.3 is 9.73 Å². The molecule has 0 bridgehead atoms. The van der Waals surface area contributed by atoms with Crippen LogP contribution in [0.5, 0.6) is 0 Å². The lowest BCUT2D eigenvalue weighted by atomic mass is 10.1. The summed E-state index contributed by atoms with van der Waals surface area (Å²) in [6.45, 7) is 1.60. The lowest BCUT2D eigenvalue weighted by Gasteiger charge is -2.06. The standard InChI is InChI=1S/C22H19ClFN3O2/c1-14-9-19(22(28)25-8-7-24)26-27(14)13-17-11-18(23)10-16-12-20(29-21(16)17)15-5-3-2-4-6-15/h2-6,9-12H,7-8,13H2,1H3,(H,25,28). The number of amides is 1. The average Bonchev–Trinajstić information content (AvgIpc) is 3.31. The van der Waals surface area contributed by atoms with Gasteiger partial charge in [-0.2, -0.15) is 5.10 Å². The van der Waals surface area contributed by atoms with Crippen LogP contribution < -0.4 is 5.32 Å². The van der Waals surface area contributed by atoms with Crippen LogP contribution in [0, 0.1) is 6.92 Å². The van der Waals surface area contributed by atoms with Gasteiger partial charge in [0.05, 0.1) is 6.54 Å². The molecule has 0 aliphatic heterocycles. The second-order valence-corrected chi connectivity index (χ2v) is 7.17. The molecular weight excluding hydrogens is 393 g/mol. The molecule has 2 aromatic carbocycles. The van der Waals surface area contributed by atoms with Crippen LogP contribution in [-0.2, 0) is 6.54 Å². The number of hydrogen-bond acceptors (Lipinski definition) is 3. The zero-order chi connectivity index (χ0) is 20.4. The molecule has 7 heteroatoms. The van der Waals surface area contributed by atoms with E-state index in [-0.39, 0.29) is 12.2 Å². The molecule has 4 rings (SSSR count). The minimum Gasteiger partial charge on any atom is -0.456 e. The number of fused-ring (bicyclic) bond motifs is 1. The largest absolute Gasteiger partial charge is 0.456 e. The van der Waals surface area contributed by atoms with Crippen LogP contribution in [-0.4, -0.2) is 28.9 Å². The van der Waals surface area contributed by atoms with Gasteiger partial charge in [0.25, 0.3) is 5.91 Å². The minimum atomic E-state index is -0.617. The van der Waals surface area contributed by atoms with Gasteiger partial charge in [-0.3, -0.25) is 9.48 Å². The molecule has 2 aromatic heterocycles. The Bertz CT molecular complexity index is 1170. The molecule has 5 nitrogen and oxygen atoms in total. The summed E-state index contributed by atoms with van der Waals surface area (Å²) in [6, 6.07) is 17.2. The predicted octanol–water partition coefficient (Wildman–Crippen LogP) is 5.01.